The van der Waals surface area contributed by atoms with Crippen molar-refractivity contribution in [2.45, 2.75) is 45.3 Å². The van der Waals surface area contributed by atoms with Crippen LogP contribution in [0.4, 0.5) is 23.2 Å². The molecular formula is C28H26F4N4O. The number of piperidine rings is 1. The first-order valence-corrected chi connectivity index (χ1v) is 12.2. The predicted molar refractivity (Wildman–Crippen MR) is 134 cm³/mol. The number of alkyl halides is 3. The molecule has 2 aromatic heterocycles. The lowest BCUT2D eigenvalue weighted by Crippen LogP contribution is -2.37. The van der Waals surface area contributed by atoms with Crippen molar-refractivity contribution in [2.24, 2.45) is 0 Å². The van der Waals surface area contributed by atoms with Crippen LogP contribution in [0.1, 0.15) is 46.8 Å². The van der Waals surface area contributed by atoms with E-state index in [2.05, 4.69) is 4.98 Å². The highest BCUT2D eigenvalue weighted by Gasteiger charge is 2.34. The Balaban J connectivity index is 1.53. The third-order valence-electron chi connectivity index (χ3n) is 7.02. The van der Waals surface area contributed by atoms with E-state index in [1.807, 2.05) is 30.9 Å². The molecule has 0 N–H and O–H groups in total. The van der Waals surface area contributed by atoms with E-state index in [0.29, 0.717) is 48.3 Å². The minimum atomic E-state index is -4.59. The minimum absolute atomic E-state index is 0.196. The molecule has 4 aromatic rings. The molecule has 0 saturated carbocycles. The van der Waals surface area contributed by atoms with Crippen molar-refractivity contribution in [1.82, 2.24) is 14.5 Å². The molecule has 0 atom stereocenters. The summed E-state index contributed by atoms with van der Waals surface area (Å²) in [5, 5.41) is 0. The Kier molecular flexibility index (Phi) is 6.47. The van der Waals surface area contributed by atoms with Crippen LogP contribution < -0.4 is 10.5 Å². The fourth-order valence-corrected chi connectivity index (χ4v) is 5.17. The predicted octanol–water partition coefficient (Wildman–Crippen LogP) is 6.00. The molecule has 3 heterocycles. The quantitative estimate of drug-likeness (QED) is 0.316. The molecule has 0 aliphatic carbocycles. The van der Waals surface area contributed by atoms with E-state index < -0.39 is 17.3 Å². The zero-order valence-electron chi connectivity index (χ0n) is 20.5. The third kappa shape index (κ3) is 4.82. The second-order valence-electron chi connectivity index (χ2n) is 9.54. The van der Waals surface area contributed by atoms with E-state index in [4.69, 9.17) is 4.98 Å². The van der Waals surface area contributed by atoms with Gasteiger partial charge in [0.05, 0.1) is 34.5 Å². The summed E-state index contributed by atoms with van der Waals surface area (Å²) in [5.41, 5.74) is 2.16. The van der Waals surface area contributed by atoms with Crippen LogP contribution >= 0.6 is 0 Å². The number of aryl methyl sites for hydroxylation is 2. The summed E-state index contributed by atoms with van der Waals surface area (Å²) in [6.07, 6.45) is -2.15. The molecule has 37 heavy (non-hydrogen) atoms. The molecule has 1 aliphatic rings. The molecule has 5 rings (SSSR count). The molecule has 2 aromatic carbocycles. The molecule has 9 heteroatoms. The highest BCUT2D eigenvalue weighted by molar-refractivity contribution is 5.76. The Labute approximate surface area is 211 Å². The van der Waals surface area contributed by atoms with Crippen molar-refractivity contribution in [3.8, 4) is 0 Å². The largest absolute Gasteiger partial charge is 0.418 e. The highest BCUT2D eigenvalue weighted by Crippen LogP contribution is 2.33. The van der Waals surface area contributed by atoms with E-state index in [9.17, 15) is 22.4 Å². The Morgan fingerprint density at radius 1 is 1.03 bits per heavy atom. The Hall–Kier alpha value is -3.75. The first-order chi connectivity index (χ1) is 17.6. The number of benzene rings is 2. The molecule has 1 fully saturated rings. The van der Waals surface area contributed by atoms with Crippen LogP contribution in [0.25, 0.3) is 11.0 Å². The van der Waals surface area contributed by atoms with Gasteiger partial charge in [0.2, 0.25) is 0 Å². The van der Waals surface area contributed by atoms with Gasteiger partial charge in [-0.15, -0.1) is 0 Å². The maximum absolute atomic E-state index is 14.5. The Bertz CT molecular complexity index is 1500. The number of anilines is 1. The highest BCUT2D eigenvalue weighted by atomic mass is 19.4. The first kappa shape index (κ1) is 24.9. The van der Waals surface area contributed by atoms with Gasteiger partial charge in [-0.25, -0.2) is 9.37 Å². The van der Waals surface area contributed by atoms with E-state index in [-0.39, 0.29) is 24.0 Å². The number of pyridine rings is 1. The summed E-state index contributed by atoms with van der Waals surface area (Å²) in [5.74, 6) is -0.478. The van der Waals surface area contributed by atoms with Crippen LogP contribution in [-0.2, 0) is 12.7 Å². The molecular weight excluding hydrogens is 484 g/mol. The standard InChI is InChI=1S/C28H26F4N4O/c1-17-8-9-24-22(15-17)34-25(19-10-13-35(14-11-19)26-18(2)5-3-7-21(26)29)27(37)36(24)16-23-20(28(30,31)32)6-4-12-33-23/h3-9,12,15,19H,10-11,13-14,16H2,1-2H3. The topological polar surface area (TPSA) is 51.0 Å². The lowest BCUT2D eigenvalue weighted by molar-refractivity contribution is -0.138. The second-order valence-corrected chi connectivity index (χ2v) is 9.54. The van der Waals surface area contributed by atoms with E-state index >= 15 is 0 Å². The molecule has 1 saturated heterocycles. The Morgan fingerprint density at radius 2 is 1.78 bits per heavy atom. The summed E-state index contributed by atoms with van der Waals surface area (Å²) in [7, 11) is 0. The van der Waals surface area contributed by atoms with Gasteiger partial charge in [-0.05, 0) is 68.1 Å². The van der Waals surface area contributed by atoms with Crippen molar-refractivity contribution in [1.29, 1.82) is 0 Å². The fraction of sp³-hybridized carbons (Fsp3) is 0.321. The number of nitrogens with zero attached hydrogens (tertiary/aromatic N) is 4. The van der Waals surface area contributed by atoms with Gasteiger partial charge >= 0.3 is 6.18 Å². The zero-order valence-corrected chi connectivity index (χ0v) is 20.5. The van der Waals surface area contributed by atoms with Gasteiger partial charge in [0.25, 0.3) is 5.56 Å². The Morgan fingerprint density at radius 3 is 2.49 bits per heavy atom. The number of hydrogen-bond acceptors (Lipinski definition) is 4. The average Bonchev–Trinajstić information content (AvgIpc) is 2.85. The van der Waals surface area contributed by atoms with E-state index in [1.54, 1.807) is 18.2 Å². The smallest absolute Gasteiger partial charge is 0.369 e. The molecule has 1 aliphatic heterocycles. The molecule has 192 valence electrons. The van der Waals surface area contributed by atoms with Crippen molar-refractivity contribution in [2.75, 3.05) is 18.0 Å². The summed E-state index contributed by atoms with van der Waals surface area (Å²) in [6.45, 7) is 4.52. The number of para-hydroxylation sites is 1. The molecule has 0 spiro atoms. The number of fused-ring (bicyclic) bond motifs is 1. The van der Waals surface area contributed by atoms with Gasteiger partial charge in [0, 0.05) is 25.2 Å². The zero-order chi connectivity index (χ0) is 26.3. The van der Waals surface area contributed by atoms with Crippen LogP contribution in [0.15, 0.2) is 59.5 Å². The molecule has 0 amide bonds. The van der Waals surface area contributed by atoms with Crippen LogP contribution in [0.3, 0.4) is 0 Å². The van der Waals surface area contributed by atoms with Crippen molar-refractivity contribution < 1.29 is 17.6 Å². The van der Waals surface area contributed by atoms with Gasteiger partial charge in [-0.3, -0.25) is 14.3 Å². The van der Waals surface area contributed by atoms with E-state index in [1.165, 1.54) is 22.9 Å². The van der Waals surface area contributed by atoms with Gasteiger partial charge in [-0.2, -0.15) is 13.2 Å². The monoisotopic (exact) mass is 510 g/mol. The summed E-state index contributed by atoms with van der Waals surface area (Å²) in [4.78, 5) is 24.4. The summed E-state index contributed by atoms with van der Waals surface area (Å²) < 4.78 is 56.8. The van der Waals surface area contributed by atoms with E-state index in [0.717, 1.165) is 17.2 Å². The van der Waals surface area contributed by atoms with Crippen molar-refractivity contribution >= 4 is 16.7 Å². The van der Waals surface area contributed by atoms with Crippen LogP contribution in [-0.4, -0.2) is 27.6 Å². The van der Waals surface area contributed by atoms with Crippen LogP contribution in [0.5, 0.6) is 0 Å². The lowest BCUT2D eigenvalue weighted by atomic mass is 9.92. The maximum Gasteiger partial charge on any atom is 0.418 e. The van der Waals surface area contributed by atoms with Crippen molar-refractivity contribution in [3.63, 3.8) is 0 Å². The lowest BCUT2D eigenvalue weighted by Gasteiger charge is -2.34. The van der Waals surface area contributed by atoms with Crippen LogP contribution in [0, 0.1) is 19.7 Å². The number of halogens is 4. The van der Waals surface area contributed by atoms with Crippen molar-refractivity contribution in [3.05, 3.63) is 99.0 Å². The summed E-state index contributed by atoms with van der Waals surface area (Å²) >= 11 is 0. The minimum Gasteiger partial charge on any atom is -0.369 e. The van der Waals surface area contributed by atoms with Gasteiger partial charge in [-0.1, -0.05) is 18.2 Å². The second kappa shape index (κ2) is 9.61. The third-order valence-corrected chi connectivity index (χ3v) is 7.02. The molecule has 5 nitrogen and oxygen atoms in total. The number of rotatable bonds is 4. The number of hydrogen-bond donors (Lipinski definition) is 0. The first-order valence-electron chi connectivity index (χ1n) is 12.2. The van der Waals surface area contributed by atoms with Gasteiger partial charge in [0.1, 0.15) is 11.5 Å². The number of aromatic nitrogens is 3. The average molecular weight is 511 g/mol. The molecule has 0 radical (unpaired) electrons. The SMILES string of the molecule is Cc1ccc2c(c1)nc(C1CCN(c3c(C)cccc3F)CC1)c(=O)n2Cc1ncccc1C(F)(F)F. The van der Waals surface area contributed by atoms with Gasteiger partial charge in [0.15, 0.2) is 0 Å². The molecule has 0 bridgehead atoms. The summed E-state index contributed by atoms with van der Waals surface area (Å²) in [6, 6.07) is 12.5. The van der Waals surface area contributed by atoms with Crippen LogP contribution in [0.2, 0.25) is 0 Å². The maximum atomic E-state index is 14.5. The van der Waals surface area contributed by atoms with Gasteiger partial charge < -0.3 is 4.90 Å². The normalized spacial score (nSPS) is 14.9. The molecule has 0 unspecified atom stereocenters. The fourth-order valence-electron chi connectivity index (χ4n) is 5.17.